The van der Waals surface area contributed by atoms with Crippen LogP contribution in [0.25, 0.3) is 0 Å². The van der Waals surface area contributed by atoms with Crippen molar-refractivity contribution in [3.63, 3.8) is 0 Å². The van der Waals surface area contributed by atoms with Gasteiger partial charge in [0.25, 0.3) is 5.91 Å². The van der Waals surface area contributed by atoms with Gasteiger partial charge in [0.05, 0.1) is 21.3 Å². The van der Waals surface area contributed by atoms with Crippen molar-refractivity contribution in [1.82, 2.24) is 15.4 Å². The van der Waals surface area contributed by atoms with Crippen LogP contribution in [0.4, 0.5) is 23.0 Å². The molecule has 0 bridgehead atoms. The minimum absolute atomic E-state index is 0.194. The van der Waals surface area contributed by atoms with E-state index >= 15 is 0 Å². The van der Waals surface area contributed by atoms with Crippen LogP contribution in [0.1, 0.15) is 10.4 Å². The topological polar surface area (TPSA) is 105 Å². The number of aromatic nitrogens is 2. The van der Waals surface area contributed by atoms with Crippen molar-refractivity contribution in [2.75, 3.05) is 16.5 Å². The molecule has 27 heavy (non-hydrogen) atoms. The van der Waals surface area contributed by atoms with Gasteiger partial charge in [0, 0.05) is 5.02 Å². The number of rotatable bonds is 5. The fraction of sp³-hybridized carbons (Fsp3) is 0. The third kappa shape index (κ3) is 4.51. The van der Waals surface area contributed by atoms with E-state index in [1.54, 1.807) is 24.3 Å². The monoisotopic (exact) mass is 422 g/mol. The minimum Gasteiger partial charge on any atom is -0.393 e. The normalized spacial score (nSPS) is 10.3. The smallest absolute Gasteiger partial charge is 0.271 e. The molecule has 2 aromatic carbocycles. The van der Waals surface area contributed by atoms with Gasteiger partial charge in [-0.1, -0.05) is 46.9 Å². The Bertz CT molecular complexity index is 998. The Balaban J connectivity index is 1.74. The number of para-hydroxylation sites is 1. The van der Waals surface area contributed by atoms with Crippen LogP contribution in [0.5, 0.6) is 0 Å². The van der Waals surface area contributed by atoms with Gasteiger partial charge in [-0.05, 0) is 30.3 Å². The third-order valence-corrected chi connectivity index (χ3v) is 4.36. The number of benzene rings is 2. The van der Waals surface area contributed by atoms with Crippen LogP contribution >= 0.6 is 34.8 Å². The first-order valence-electron chi connectivity index (χ1n) is 7.59. The van der Waals surface area contributed by atoms with Crippen molar-refractivity contribution in [2.24, 2.45) is 0 Å². The highest BCUT2D eigenvalue weighted by Gasteiger charge is 2.13. The van der Waals surface area contributed by atoms with Crippen LogP contribution < -0.4 is 21.9 Å². The summed E-state index contributed by atoms with van der Waals surface area (Å²) in [7, 11) is 0. The Morgan fingerprint density at radius 2 is 1.70 bits per heavy atom. The molecule has 1 heterocycles. The predicted octanol–water partition coefficient (Wildman–Crippen LogP) is 4.52. The summed E-state index contributed by atoms with van der Waals surface area (Å²) < 4.78 is 0. The van der Waals surface area contributed by atoms with Gasteiger partial charge >= 0.3 is 0 Å². The second-order valence-corrected chi connectivity index (χ2v) is 6.54. The summed E-state index contributed by atoms with van der Waals surface area (Å²) in [5, 5.41) is 4.18. The molecule has 0 saturated heterocycles. The molecule has 0 radical (unpaired) electrons. The van der Waals surface area contributed by atoms with E-state index in [4.69, 9.17) is 40.5 Å². The molecular formula is C17H13Cl3N6O. The van der Waals surface area contributed by atoms with E-state index in [0.717, 1.165) is 0 Å². The zero-order valence-corrected chi connectivity index (χ0v) is 15.9. The summed E-state index contributed by atoms with van der Waals surface area (Å²) in [4.78, 5) is 20.4. The zero-order valence-electron chi connectivity index (χ0n) is 13.6. The summed E-state index contributed by atoms with van der Waals surface area (Å²) in [6.45, 7) is 0. The first-order chi connectivity index (χ1) is 13.0. The maximum Gasteiger partial charge on any atom is 0.271 e. The van der Waals surface area contributed by atoms with Crippen molar-refractivity contribution in [2.45, 2.75) is 0 Å². The maximum absolute atomic E-state index is 12.3. The molecule has 5 N–H and O–H groups in total. The highest BCUT2D eigenvalue weighted by atomic mass is 35.5. The number of nitrogens with two attached hydrogens (primary N) is 1. The standard InChI is InChI=1S/C17H13Cl3N6O/c18-9-5-6-10(12(20)7-9)17(27)26-25-16-14(21)15(22-8-23-16)24-13-4-2-1-3-11(13)19/h1-8H,21H2,(H,26,27)(H2,22,23,24,25). The molecule has 3 rings (SSSR count). The molecule has 10 heteroatoms. The SMILES string of the molecule is Nc1c(NNC(=O)c2ccc(Cl)cc2Cl)ncnc1Nc1ccccc1Cl. The fourth-order valence-electron chi connectivity index (χ4n) is 2.14. The summed E-state index contributed by atoms with van der Waals surface area (Å²) in [6.07, 6.45) is 1.29. The average molecular weight is 424 g/mol. The van der Waals surface area contributed by atoms with E-state index in [9.17, 15) is 4.79 Å². The Labute approximate surface area is 169 Å². The molecule has 0 unspecified atom stereocenters. The molecule has 0 aliphatic rings. The summed E-state index contributed by atoms with van der Waals surface area (Å²) >= 11 is 18.0. The van der Waals surface area contributed by atoms with E-state index in [1.807, 2.05) is 6.07 Å². The number of hydrogen-bond donors (Lipinski definition) is 4. The van der Waals surface area contributed by atoms with Crippen molar-refractivity contribution >= 4 is 63.7 Å². The van der Waals surface area contributed by atoms with Crippen LogP contribution in [0, 0.1) is 0 Å². The highest BCUT2D eigenvalue weighted by molar-refractivity contribution is 6.36. The lowest BCUT2D eigenvalue weighted by Crippen LogP contribution is -2.30. The third-order valence-electron chi connectivity index (χ3n) is 3.48. The number of amides is 1. The molecule has 0 aliphatic carbocycles. The molecule has 7 nitrogen and oxygen atoms in total. The zero-order chi connectivity index (χ0) is 19.4. The largest absolute Gasteiger partial charge is 0.393 e. The van der Waals surface area contributed by atoms with Gasteiger partial charge in [-0.3, -0.25) is 15.6 Å². The minimum atomic E-state index is -0.477. The van der Waals surface area contributed by atoms with Gasteiger partial charge in [0.15, 0.2) is 11.6 Å². The molecule has 0 aliphatic heterocycles. The number of hydrogen-bond acceptors (Lipinski definition) is 6. The van der Waals surface area contributed by atoms with E-state index in [0.29, 0.717) is 21.6 Å². The predicted molar refractivity (Wildman–Crippen MR) is 109 cm³/mol. The molecule has 1 amide bonds. The van der Waals surface area contributed by atoms with E-state index < -0.39 is 5.91 Å². The molecule has 3 aromatic rings. The van der Waals surface area contributed by atoms with Gasteiger partial charge in [-0.2, -0.15) is 0 Å². The lowest BCUT2D eigenvalue weighted by atomic mass is 10.2. The van der Waals surface area contributed by atoms with Crippen LogP contribution in [0.3, 0.4) is 0 Å². The highest BCUT2D eigenvalue weighted by Crippen LogP contribution is 2.29. The maximum atomic E-state index is 12.3. The Hall–Kier alpha value is -2.74. The van der Waals surface area contributed by atoms with Crippen molar-refractivity contribution in [1.29, 1.82) is 0 Å². The molecule has 0 spiro atoms. The molecule has 138 valence electrons. The molecular weight excluding hydrogens is 411 g/mol. The molecule has 1 aromatic heterocycles. The van der Waals surface area contributed by atoms with Gasteiger partial charge < -0.3 is 11.1 Å². The Morgan fingerprint density at radius 3 is 2.44 bits per heavy atom. The number of nitrogens with one attached hydrogen (secondary N) is 3. The number of hydrazine groups is 1. The second-order valence-electron chi connectivity index (χ2n) is 5.29. The van der Waals surface area contributed by atoms with E-state index in [-0.39, 0.29) is 22.1 Å². The number of anilines is 4. The number of nitrogens with zero attached hydrogens (tertiary/aromatic N) is 2. The summed E-state index contributed by atoms with van der Waals surface area (Å²) in [5.74, 6) is 0.0626. The van der Waals surface area contributed by atoms with Crippen LogP contribution in [0.15, 0.2) is 48.8 Å². The lowest BCUT2D eigenvalue weighted by molar-refractivity contribution is 0.0962. The number of nitrogen functional groups attached to an aromatic ring is 1. The fourth-order valence-corrected chi connectivity index (χ4v) is 2.82. The number of carbonyl (C=O) groups excluding carboxylic acids is 1. The van der Waals surface area contributed by atoms with Crippen molar-refractivity contribution in [3.8, 4) is 0 Å². The summed E-state index contributed by atoms with van der Waals surface area (Å²) in [5.41, 5.74) is 12.3. The van der Waals surface area contributed by atoms with Crippen LogP contribution in [-0.4, -0.2) is 15.9 Å². The number of carbonyl (C=O) groups is 1. The number of halogens is 3. The van der Waals surface area contributed by atoms with Crippen molar-refractivity contribution < 1.29 is 4.79 Å². The Morgan fingerprint density at radius 1 is 0.963 bits per heavy atom. The first-order valence-corrected chi connectivity index (χ1v) is 8.72. The molecule has 0 saturated carbocycles. The van der Waals surface area contributed by atoms with Gasteiger partial charge in [0.1, 0.15) is 12.0 Å². The van der Waals surface area contributed by atoms with Gasteiger partial charge in [0.2, 0.25) is 0 Å². The van der Waals surface area contributed by atoms with Crippen LogP contribution in [-0.2, 0) is 0 Å². The van der Waals surface area contributed by atoms with E-state index in [1.165, 1.54) is 18.5 Å². The lowest BCUT2D eigenvalue weighted by Gasteiger charge is -2.14. The summed E-state index contributed by atoms with van der Waals surface area (Å²) in [6, 6.07) is 11.7. The van der Waals surface area contributed by atoms with Gasteiger partial charge in [-0.15, -0.1) is 0 Å². The molecule has 0 atom stereocenters. The van der Waals surface area contributed by atoms with Crippen LogP contribution in [0.2, 0.25) is 15.1 Å². The molecule has 0 fully saturated rings. The quantitative estimate of drug-likeness (QED) is 0.450. The Kier molecular flexibility index (Phi) is 5.85. The second kappa shape index (κ2) is 8.30. The average Bonchev–Trinajstić information content (AvgIpc) is 2.64. The van der Waals surface area contributed by atoms with Gasteiger partial charge in [-0.25, -0.2) is 9.97 Å². The van der Waals surface area contributed by atoms with Crippen molar-refractivity contribution in [3.05, 3.63) is 69.4 Å². The van der Waals surface area contributed by atoms with E-state index in [2.05, 4.69) is 26.1 Å². The first kappa shape index (κ1) is 19.0.